The first-order valence-corrected chi connectivity index (χ1v) is 7.33. The molecule has 1 aromatic heterocycles. The van der Waals surface area contributed by atoms with Gasteiger partial charge in [0.25, 0.3) is 0 Å². The summed E-state index contributed by atoms with van der Waals surface area (Å²) in [6.07, 6.45) is 3.65. The molecular formula is C16H14BrN3O. The lowest BCUT2D eigenvalue weighted by molar-refractivity contribution is 0.469. The quantitative estimate of drug-likeness (QED) is 0.753. The standard InChI is InChI=1S/C16H14BrN3O/c17-13-5-6-16(21)12(9-13)11-18-14-3-1-4-15(10-14)20-8-2-7-19-20/h1-10,18,21H,11H2. The van der Waals surface area contributed by atoms with Crippen molar-refractivity contribution in [3.05, 3.63) is 71.0 Å². The van der Waals surface area contributed by atoms with E-state index in [-0.39, 0.29) is 5.75 Å². The highest BCUT2D eigenvalue weighted by Gasteiger charge is 2.03. The summed E-state index contributed by atoms with van der Waals surface area (Å²) >= 11 is 3.41. The molecule has 2 N–H and O–H groups in total. The maximum atomic E-state index is 9.84. The first-order chi connectivity index (χ1) is 10.2. The van der Waals surface area contributed by atoms with Gasteiger partial charge in [0.05, 0.1) is 5.69 Å². The fourth-order valence-electron chi connectivity index (χ4n) is 2.07. The molecule has 4 nitrogen and oxygen atoms in total. The van der Waals surface area contributed by atoms with Crippen molar-refractivity contribution in [2.24, 2.45) is 0 Å². The van der Waals surface area contributed by atoms with E-state index in [1.807, 2.05) is 53.3 Å². The minimum absolute atomic E-state index is 0.286. The van der Waals surface area contributed by atoms with Crippen LogP contribution in [0.2, 0.25) is 0 Å². The summed E-state index contributed by atoms with van der Waals surface area (Å²) in [7, 11) is 0. The van der Waals surface area contributed by atoms with E-state index >= 15 is 0 Å². The second-order valence-corrected chi connectivity index (χ2v) is 5.54. The smallest absolute Gasteiger partial charge is 0.120 e. The normalized spacial score (nSPS) is 10.5. The van der Waals surface area contributed by atoms with Crippen LogP contribution in [0, 0.1) is 0 Å². The Morgan fingerprint density at radius 3 is 2.86 bits per heavy atom. The van der Waals surface area contributed by atoms with Crippen molar-refractivity contribution in [1.82, 2.24) is 9.78 Å². The number of hydrogen-bond acceptors (Lipinski definition) is 3. The molecule has 0 spiro atoms. The second-order valence-electron chi connectivity index (χ2n) is 4.63. The predicted molar refractivity (Wildman–Crippen MR) is 86.7 cm³/mol. The van der Waals surface area contributed by atoms with Crippen LogP contribution in [0.1, 0.15) is 5.56 Å². The number of aromatic hydroxyl groups is 1. The van der Waals surface area contributed by atoms with E-state index in [4.69, 9.17) is 0 Å². The Kier molecular flexibility index (Phi) is 3.92. The molecule has 3 aromatic rings. The Labute approximate surface area is 131 Å². The van der Waals surface area contributed by atoms with Crippen molar-refractivity contribution >= 4 is 21.6 Å². The maximum Gasteiger partial charge on any atom is 0.120 e. The van der Waals surface area contributed by atoms with Crippen LogP contribution >= 0.6 is 15.9 Å². The van der Waals surface area contributed by atoms with Gasteiger partial charge in [-0.3, -0.25) is 0 Å². The van der Waals surface area contributed by atoms with Crippen molar-refractivity contribution in [2.45, 2.75) is 6.54 Å². The number of phenolic OH excluding ortho intramolecular Hbond substituents is 1. The summed E-state index contributed by atoms with van der Waals surface area (Å²) in [5, 5.41) is 17.4. The maximum absolute atomic E-state index is 9.84. The van der Waals surface area contributed by atoms with Crippen LogP contribution in [0.5, 0.6) is 5.75 Å². The SMILES string of the molecule is Oc1ccc(Br)cc1CNc1cccc(-n2cccn2)c1. The lowest BCUT2D eigenvalue weighted by atomic mass is 10.2. The summed E-state index contributed by atoms with van der Waals surface area (Å²) in [5.74, 6) is 0.286. The third-order valence-corrected chi connectivity index (χ3v) is 3.63. The van der Waals surface area contributed by atoms with Crippen molar-refractivity contribution < 1.29 is 5.11 Å². The number of rotatable bonds is 4. The van der Waals surface area contributed by atoms with Crippen LogP contribution in [0.4, 0.5) is 5.69 Å². The third kappa shape index (κ3) is 3.25. The minimum atomic E-state index is 0.286. The highest BCUT2D eigenvalue weighted by molar-refractivity contribution is 9.10. The van der Waals surface area contributed by atoms with Crippen LogP contribution in [0.15, 0.2) is 65.4 Å². The largest absolute Gasteiger partial charge is 0.508 e. The van der Waals surface area contributed by atoms with E-state index in [2.05, 4.69) is 26.3 Å². The van der Waals surface area contributed by atoms with Gasteiger partial charge >= 0.3 is 0 Å². The van der Waals surface area contributed by atoms with Gasteiger partial charge in [-0.15, -0.1) is 0 Å². The Bertz CT molecular complexity index is 741. The summed E-state index contributed by atoms with van der Waals surface area (Å²) in [6, 6.07) is 15.3. The van der Waals surface area contributed by atoms with Crippen LogP contribution in [-0.4, -0.2) is 14.9 Å². The number of anilines is 1. The Morgan fingerprint density at radius 1 is 1.14 bits per heavy atom. The highest BCUT2D eigenvalue weighted by Crippen LogP contribution is 2.23. The van der Waals surface area contributed by atoms with Crippen LogP contribution in [-0.2, 0) is 6.54 Å². The molecule has 0 aliphatic carbocycles. The number of phenols is 1. The van der Waals surface area contributed by atoms with E-state index in [0.29, 0.717) is 6.54 Å². The van der Waals surface area contributed by atoms with Crippen molar-refractivity contribution in [3.63, 3.8) is 0 Å². The highest BCUT2D eigenvalue weighted by atomic mass is 79.9. The summed E-state index contributed by atoms with van der Waals surface area (Å²) in [4.78, 5) is 0. The average molecular weight is 344 g/mol. The van der Waals surface area contributed by atoms with Gasteiger partial charge in [0, 0.05) is 34.7 Å². The van der Waals surface area contributed by atoms with Crippen LogP contribution in [0.3, 0.4) is 0 Å². The number of halogens is 1. The molecule has 0 amide bonds. The zero-order chi connectivity index (χ0) is 14.7. The molecule has 21 heavy (non-hydrogen) atoms. The molecule has 1 heterocycles. The first-order valence-electron chi connectivity index (χ1n) is 6.54. The molecule has 2 aromatic carbocycles. The Hall–Kier alpha value is -2.27. The number of nitrogens with zero attached hydrogens (tertiary/aromatic N) is 2. The minimum Gasteiger partial charge on any atom is -0.508 e. The van der Waals surface area contributed by atoms with Gasteiger partial charge < -0.3 is 10.4 Å². The molecule has 0 radical (unpaired) electrons. The average Bonchev–Trinajstić information content (AvgIpc) is 3.03. The topological polar surface area (TPSA) is 50.1 Å². The van der Waals surface area contributed by atoms with Gasteiger partial charge in [-0.25, -0.2) is 4.68 Å². The molecular weight excluding hydrogens is 330 g/mol. The number of aromatic nitrogens is 2. The zero-order valence-electron chi connectivity index (χ0n) is 11.2. The monoisotopic (exact) mass is 343 g/mol. The van der Waals surface area contributed by atoms with Gasteiger partial charge in [0.15, 0.2) is 0 Å². The van der Waals surface area contributed by atoms with E-state index < -0.39 is 0 Å². The fraction of sp³-hybridized carbons (Fsp3) is 0.0625. The lowest BCUT2D eigenvalue weighted by Crippen LogP contribution is -2.01. The number of hydrogen-bond donors (Lipinski definition) is 2. The second kappa shape index (κ2) is 6.01. The molecule has 0 fully saturated rings. The summed E-state index contributed by atoms with van der Waals surface area (Å²) in [6.45, 7) is 0.549. The molecule has 3 rings (SSSR count). The molecule has 0 aliphatic heterocycles. The third-order valence-electron chi connectivity index (χ3n) is 3.14. The van der Waals surface area contributed by atoms with E-state index in [1.54, 1.807) is 12.3 Å². The molecule has 0 saturated carbocycles. The Morgan fingerprint density at radius 2 is 2.05 bits per heavy atom. The van der Waals surface area contributed by atoms with Crippen LogP contribution in [0.25, 0.3) is 5.69 Å². The zero-order valence-corrected chi connectivity index (χ0v) is 12.8. The van der Waals surface area contributed by atoms with Gasteiger partial charge in [-0.2, -0.15) is 5.10 Å². The van der Waals surface area contributed by atoms with Gasteiger partial charge in [-0.1, -0.05) is 22.0 Å². The molecule has 0 bridgehead atoms. The van der Waals surface area contributed by atoms with E-state index in [9.17, 15) is 5.11 Å². The predicted octanol–water partition coefficient (Wildman–Crippen LogP) is 3.95. The first kappa shape index (κ1) is 13.7. The lowest BCUT2D eigenvalue weighted by Gasteiger charge is -2.10. The van der Waals surface area contributed by atoms with Gasteiger partial charge in [-0.05, 0) is 42.5 Å². The Balaban J connectivity index is 1.76. The molecule has 0 aliphatic rings. The molecule has 5 heteroatoms. The molecule has 0 atom stereocenters. The van der Waals surface area contributed by atoms with Crippen LogP contribution < -0.4 is 5.32 Å². The van der Waals surface area contributed by atoms with Crippen molar-refractivity contribution in [1.29, 1.82) is 0 Å². The van der Waals surface area contributed by atoms with Crippen molar-refractivity contribution in [3.8, 4) is 11.4 Å². The van der Waals surface area contributed by atoms with E-state index in [1.165, 1.54) is 0 Å². The summed E-state index contributed by atoms with van der Waals surface area (Å²) < 4.78 is 2.75. The number of benzene rings is 2. The number of nitrogens with one attached hydrogen (secondary N) is 1. The molecule has 106 valence electrons. The fourth-order valence-corrected chi connectivity index (χ4v) is 2.48. The van der Waals surface area contributed by atoms with Gasteiger partial charge in [0.2, 0.25) is 0 Å². The van der Waals surface area contributed by atoms with Gasteiger partial charge in [0.1, 0.15) is 5.75 Å². The molecule has 0 saturated heterocycles. The van der Waals surface area contributed by atoms with Crippen molar-refractivity contribution in [2.75, 3.05) is 5.32 Å². The summed E-state index contributed by atoms with van der Waals surface area (Å²) in [5.41, 5.74) is 2.81. The van der Waals surface area contributed by atoms with E-state index in [0.717, 1.165) is 21.4 Å². The molecule has 0 unspecified atom stereocenters.